The number of carboxylic acids is 2. The van der Waals surface area contributed by atoms with E-state index in [2.05, 4.69) is 10.2 Å². The van der Waals surface area contributed by atoms with Gasteiger partial charge in [-0.15, -0.1) is 11.3 Å². The minimum absolute atomic E-state index is 0.0135. The van der Waals surface area contributed by atoms with Gasteiger partial charge in [-0.05, 0) is 79.4 Å². The van der Waals surface area contributed by atoms with E-state index >= 15 is 0 Å². The number of aromatic carboxylic acids is 2. The van der Waals surface area contributed by atoms with E-state index in [1.54, 1.807) is 67.8 Å². The fourth-order valence-corrected chi connectivity index (χ4v) is 6.08. The molecule has 0 saturated heterocycles. The summed E-state index contributed by atoms with van der Waals surface area (Å²) in [6.07, 6.45) is 0. The summed E-state index contributed by atoms with van der Waals surface area (Å²) in [4.78, 5) is 64.5. The molecule has 47 heavy (non-hydrogen) atoms. The second kappa shape index (κ2) is 12.3. The number of nitrogens with zero attached hydrogens (tertiary/aromatic N) is 2. The summed E-state index contributed by atoms with van der Waals surface area (Å²) in [5.74, 6) is -3.52. The first kappa shape index (κ1) is 30.8. The Hall–Kier alpha value is -6.21. The van der Waals surface area contributed by atoms with Crippen molar-refractivity contribution < 1.29 is 29.3 Å². The molecule has 13 heteroatoms. The average Bonchev–Trinajstić information content (AvgIpc) is 3.78. The number of benzene rings is 3. The van der Waals surface area contributed by atoms with E-state index in [1.165, 1.54) is 57.1 Å². The molecule has 0 amide bonds. The lowest BCUT2D eigenvalue weighted by molar-refractivity contribution is 0.0686. The molecule has 3 aromatic carbocycles. The number of hydrogen-bond donors (Lipinski definition) is 4. The van der Waals surface area contributed by atoms with Crippen LogP contribution in [0.1, 0.15) is 64.4 Å². The molecule has 0 unspecified atom stereocenters. The van der Waals surface area contributed by atoms with Crippen molar-refractivity contribution in [3.05, 3.63) is 155 Å². The predicted molar refractivity (Wildman–Crippen MR) is 173 cm³/mol. The van der Waals surface area contributed by atoms with E-state index in [0.717, 1.165) is 0 Å². The highest BCUT2D eigenvalue weighted by Gasteiger charge is 2.31. The van der Waals surface area contributed by atoms with Gasteiger partial charge < -0.3 is 14.9 Å². The monoisotopic (exact) mass is 650 g/mol. The number of ether oxygens (including phenoxy) is 1. The Morgan fingerprint density at radius 3 is 1.68 bits per heavy atom. The molecule has 0 aliphatic rings. The minimum Gasteiger partial charge on any atom is -0.478 e. The molecule has 0 bridgehead atoms. The number of aromatic nitrogens is 4. The number of thiophene rings is 1. The molecule has 236 valence electrons. The Bertz CT molecular complexity index is 2160. The van der Waals surface area contributed by atoms with Crippen molar-refractivity contribution in [3.63, 3.8) is 0 Å². The summed E-state index contributed by atoms with van der Waals surface area (Å²) < 4.78 is 7.96. The van der Waals surface area contributed by atoms with Gasteiger partial charge in [-0.2, -0.15) is 0 Å². The minimum atomic E-state index is -1.16. The van der Waals surface area contributed by atoms with Crippen molar-refractivity contribution in [2.24, 2.45) is 0 Å². The van der Waals surface area contributed by atoms with Gasteiger partial charge >= 0.3 is 17.9 Å². The largest absolute Gasteiger partial charge is 0.478 e. The third-order valence-electron chi connectivity index (χ3n) is 7.66. The smallest absolute Gasteiger partial charge is 0.353 e. The van der Waals surface area contributed by atoms with Gasteiger partial charge in [0.05, 0.1) is 33.6 Å². The highest BCUT2D eigenvalue weighted by Crippen LogP contribution is 2.33. The maximum absolute atomic E-state index is 14.2. The van der Waals surface area contributed by atoms with Crippen LogP contribution in [-0.2, 0) is 0 Å². The first-order valence-electron chi connectivity index (χ1n) is 14.2. The second-order valence-corrected chi connectivity index (χ2v) is 11.6. The fraction of sp³-hybridized carbons (Fsp3) is 0.0882. The first-order valence-corrected chi connectivity index (χ1v) is 15.1. The summed E-state index contributed by atoms with van der Waals surface area (Å²) in [7, 11) is 0. The normalized spacial score (nSPS) is 11.1. The first-order chi connectivity index (χ1) is 22.5. The topological polar surface area (TPSA) is 176 Å². The zero-order chi connectivity index (χ0) is 33.4. The zero-order valence-corrected chi connectivity index (χ0v) is 25.7. The molecule has 4 N–H and O–H groups in total. The molecule has 0 radical (unpaired) electrons. The highest BCUT2D eigenvalue weighted by molar-refractivity contribution is 7.12. The summed E-state index contributed by atoms with van der Waals surface area (Å²) in [6.45, 7) is 3.35. The van der Waals surface area contributed by atoms with Crippen LogP contribution in [-0.4, -0.2) is 47.7 Å². The van der Waals surface area contributed by atoms with Crippen molar-refractivity contribution in [3.8, 4) is 17.1 Å². The molecule has 0 spiro atoms. The average molecular weight is 651 g/mol. The molecular weight excluding hydrogens is 624 g/mol. The summed E-state index contributed by atoms with van der Waals surface area (Å²) in [6, 6.07) is 21.6. The summed E-state index contributed by atoms with van der Waals surface area (Å²) in [5.41, 5.74) is 1.34. The number of nitrogens with one attached hydrogen (secondary N) is 2. The van der Waals surface area contributed by atoms with Crippen molar-refractivity contribution >= 4 is 29.2 Å². The third-order valence-corrected chi connectivity index (χ3v) is 8.51. The van der Waals surface area contributed by atoms with Gasteiger partial charge in [0, 0.05) is 17.3 Å². The van der Waals surface area contributed by atoms with Crippen LogP contribution in [0.3, 0.4) is 0 Å². The molecule has 0 saturated carbocycles. The van der Waals surface area contributed by atoms with Crippen molar-refractivity contribution in [1.29, 1.82) is 0 Å². The van der Waals surface area contributed by atoms with E-state index < -0.39 is 34.9 Å². The van der Waals surface area contributed by atoms with Gasteiger partial charge in [-0.3, -0.25) is 19.8 Å². The Kier molecular flexibility index (Phi) is 8.06. The maximum Gasteiger partial charge on any atom is 0.353 e. The van der Waals surface area contributed by atoms with Gasteiger partial charge in [-0.1, -0.05) is 30.3 Å². The lowest BCUT2D eigenvalue weighted by Gasteiger charge is -2.16. The predicted octanol–water partition coefficient (Wildman–Crippen LogP) is 5.12. The SMILES string of the molecule is Cc1[nH]n(-c2cccc(C(=O)O)c2)c(=O)c1C(c1ccc(OC(=O)c2cccs2)cc1)c1c(C)[nH]n(-c2cccc(C(=O)O)c2)c1=O. The number of aromatic amines is 2. The molecular formula is C34H26N4O8S. The number of carbonyl (C=O) groups is 3. The fourth-order valence-electron chi connectivity index (χ4n) is 5.48. The third kappa shape index (κ3) is 5.82. The lowest BCUT2D eigenvalue weighted by atomic mass is 9.85. The van der Waals surface area contributed by atoms with Crippen LogP contribution in [0, 0.1) is 13.8 Å². The Balaban J connectivity index is 1.51. The Morgan fingerprint density at radius 1 is 0.723 bits per heavy atom. The van der Waals surface area contributed by atoms with Crippen LogP contribution in [0.25, 0.3) is 11.4 Å². The van der Waals surface area contributed by atoms with Crippen LogP contribution < -0.4 is 15.9 Å². The summed E-state index contributed by atoms with van der Waals surface area (Å²) in [5, 5.41) is 26.8. The molecule has 12 nitrogen and oxygen atoms in total. The molecule has 6 rings (SSSR count). The van der Waals surface area contributed by atoms with E-state index in [0.29, 0.717) is 21.8 Å². The van der Waals surface area contributed by atoms with Crippen LogP contribution >= 0.6 is 11.3 Å². The van der Waals surface area contributed by atoms with Gasteiger partial charge in [-0.25, -0.2) is 23.7 Å². The molecule has 3 aromatic heterocycles. The number of carboxylic acid groups (broad SMARTS) is 2. The number of aryl methyl sites for hydroxylation is 2. The number of esters is 1. The standard InChI is InChI=1S/C34H26N4O8S/c1-18-27(30(39)37(35-18)23-8-3-6-21(16-23)32(41)42)29(20-11-13-25(14-12-20)46-34(45)26-10-5-15-47-26)28-19(2)36-38(31(28)40)24-9-4-7-22(17-24)33(43)44/h3-17,29,35-36H,1-2H3,(H,41,42)(H,43,44). The molecule has 0 aliphatic carbocycles. The van der Waals surface area contributed by atoms with Crippen molar-refractivity contribution in [2.45, 2.75) is 19.8 Å². The molecule has 6 aromatic rings. The number of H-pyrrole nitrogens is 2. The quantitative estimate of drug-likeness (QED) is 0.123. The van der Waals surface area contributed by atoms with Crippen LogP contribution in [0.4, 0.5) is 0 Å². The van der Waals surface area contributed by atoms with Gasteiger partial charge in [0.2, 0.25) is 0 Å². The van der Waals surface area contributed by atoms with Crippen LogP contribution in [0.5, 0.6) is 5.75 Å². The van der Waals surface area contributed by atoms with E-state index in [-0.39, 0.29) is 39.4 Å². The van der Waals surface area contributed by atoms with E-state index in [1.807, 2.05) is 0 Å². The number of hydrogen-bond acceptors (Lipinski definition) is 7. The van der Waals surface area contributed by atoms with E-state index in [9.17, 15) is 34.2 Å². The van der Waals surface area contributed by atoms with Gasteiger partial charge in [0.1, 0.15) is 10.6 Å². The lowest BCUT2D eigenvalue weighted by Crippen LogP contribution is -2.25. The van der Waals surface area contributed by atoms with Crippen molar-refractivity contribution in [1.82, 2.24) is 19.6 Å². The number of rotatable bonds is 9. The molecule has 0 atom stereocenters. The van der Waals surface area contributed by atoms with Crippen molar-refractivity contribution in [2.75, 3.05) is 0 Å². The Labute approximate surface area is 269 Å². The van der Waals surface area contributed by atoms with Crippen LogP contribution in [0.15, 0.2) is 99.9 Å². The molecule has 3 heterocycles. The maximum atomic E-state index is 14.2. The van der Waals surface area contributed by atoms with Gasteiger partial charge in [0.15, 0.2) is 0 Å². The zero-order valence-electron chi connectivity index (χ0n) is 24.9. The Morgan fingerprint density at radius 2 is 1.23 bits per heavy atom. The summed E-state index contributed by atoms with van der Waals surface area (Å²) >= 11 is 1.24. The van der Waals surface area contributed by atoms with E-state index in [4.69, 9.17) is 4.74 Å². The number of carbonyl (C=O) groups excluding carboxylic acids is 1. The molecule has 0 fully saturated rings. The van der Waals surface area contributed by atoms with Gasteiger partial charge in [0.25, 0.3) is 11.1 Å². The highest BCUT2D eigenvalue weighted by atomic mass is 32.1. The second-order valence-electron chi connectivity index (χ2n) is 10.7. The van der Waals surface area contributed by atoms with Crippen LogP contribution in [0.2, 0.25) is 0 Å². The molecule has 0 aliphatic heterocycles.